The Labute approximate surface area is 90.4 Å². The van der Waals surface area contributed by atoms with Crippen LogP contribution in [0, 0.1) is 5.82 Å². The van der Waals surface area contributed by atoms with Crippen molar-refractivity contribution in [2.24, 2.45) is 0 Å². The van der Waals surface area contributed by atoms with Gasteiger partial charge >= 0.3 is 0 Å². The van der Waals surface area contributed by atoms with E-state index in [4.69, 9.17) is 0 Å². The molecule has 0 aliphatic carbocycles. The maximum atomic E-state index is 12.9. The van der Waals surface area contributed by atoms with Crippen molar-refractivity contribution >= 4 is 17.6 Å². The number of hydrogen-bond donors (Lipinski definition) is 0. The molecule has 0 fully saturated rings. The summed E-state index contributed by atoms with van der Waals surface area (Å²) in [5.41, 5.74) is 1.46. The number of nitrogens with zero attached hydrogens (tertiary/aromatic N) is 1. The van der Waals surface area contributed by atoms with Crippen LogP contribution in [0.1, 0.15) is 5.01 Å². The van der Waals surface area contributed by atoms with Gasteiger partial charge in [-0.3, -0.25) is 0 Å². The van der Waals surface area contributed by atoms with Crippen LogP contribution in [0.2, 0.25) is 0 Å². The molecule has 15 heavy (non-hydrogen) atoms. The third-order valence-corrected chi connectivity index (χ3v) is 2.80. The monoisotopic (exact) mass is 221 g/mol. The molecular formula is C11H8FNOS. The fraction of sp³-hybridized carbons (Fsp3) is 0.0909. The Balaban J connectivity index is 2.32. The van der Waals surface area contributed by atoms with Crippen molar-refractivity contribution in [3.8, 4) is 11.3 Å². The van der Waals surface area contributed by atoms with E-state index in [0.29, 0.717) is 6.42 Å². The van der Waals surface area contributed by atoms with Gasteiger partial charge in [0.2, 0.25) is 0 Å². The molecule has 0 aliphatic heterocycles. The first-order valence-electron chi connectivity index (χ1n) is 4.43. The second kappa shape index (κ2) is 4.31. The van der Waals surface area contributed by atoms with Crippen molar-refractivity contribution < 1.29 is 9.18 Å². The molecule has 2 rings (SSSR count). The molecule has 0 unspecified atom stereocenters. The van der Waals surface area contributed by atoms with E-state index in [-0.39, 0.29) is 5.82 Å². The van der Waals surface area contributed by atoms with E-state index in [1.54, 1.807) is 12.1 Å². The summed E-state index contributed by atoms with van der Waals surface area (Å²) < 4.78 is 12.9. The van der Waals surface area contributed by atoms with Crippen LogP contribution in [-0.2, 0) is 11.2 Å². The molecule has 0 saturated heterocycles. The largest absolute Gasteiger partial charge is 0.303 e. The number of aromatic nitrogens is 1. The van der Waals surface area contributed by atoms with Gasteiger partial charge in [0.25, 0.3) is 0 Å². The summed E-state index contributed by atoms with van der Waals surface area (Å²) in [5, 5.41) is 2.58. The number of carbonyl (C=O) groups excluding carboxylic acids is 1. The Morgan fingerprint density at radius 2 is 2.33 bits per heavy atom. The third-order valence-electron chi connectivity index (χ3n) is 1.93. The molecule has 2 nitrogen and oxygen atoms in total. The number of carbonyl (C=O) groups is 1. The zero-order valence-corrected chi connectivity index (χ0v) is 8.63. The number of thiazole rings is 1. The van der Waals surface area contributed by atoms with Crippen LogP contribution in [0.4, 0.5) is 4.39 Å². The van der Waals surface area contributed by atoms with Gasteiger partial charge < -0.3 is 4.79 Å². The molecule has 0 atom stereocenters. The Morgan fingerprint density at radius 1 is 1.47 bits per heavy atom. The van der Waals surface area contributed by atoms with Crippen molar-refractivity contribution in [2.75, 3.05) is 0 Å². The van der Waals surface area contributed by atoms with Crippen LogP contribution in [0.15, 0.2) is 29.6 Å². The molecule has 1 aromatic carbocycles. The number of benzene rings is 1. The summed E-state index contributed by atoms with van der Waals surface area (Å²) in [4.78, 5) is 14.5. The van der Waals surface area contributed by atoms with Crippen molar-refractivity contribution in [3.63, 3.8) is 0 Å². The summed E-state index contributed by atoms with van der Waals surface area (Å²) in [7, 11) is 0. The van der Waals surface area contributed by atoms with Gasteiger partial charge in [-0.05, 0) is 12.1 Å². The molecular weight excluding hydrogens is 213 g/mol. The highest BCUT2D eigenvalue weighted by Gasteiger charge is 2.04. The average Bonchev–Trinajstić information content (AvgIpc) is 2.67. The van der Waals surface area contributed by atoms with Gasteiger partial charge in [-0.15, -0.1) is 11.3 Å². The van der Waals surface area contributed by atoms with Crippen molar-refractivity contribution in [3.05, 3.63) is 40.5 Å². The van der Waals surface area contributed by atoms with Crippen molar-refractivity contribution in [1.82, 2.24) is 4.98 Å². The van der Waals surface area contributed by atoms with Gasteiger partial charge in [0.05, 0.1) is 12.1 Å². The zero-order chi connectivity index (χ0) is 10.7. The first-order valence-corrected chi connectivity index (χ1v) is 5.31. The quantitative estimate of drug-likeness (QED) is 0.746. The lowest BCUT2D eigenvalue weighted by molar-refractivity contribution is -0.107. The molecule has 0 radical (unpaired) electrons. The zero-order valence-electron chi connectivity index (χ0n) is 7.81. The van der Waals surface area contributed by atoms with E-state index < -0.39 is 0 Å². The molecule has 0 saturated carbocycles. The Bertz CT molecular complexity index is 481. The van der Waals surface area contributed by atoms with Crippen molar-refractivity contribution in [1.29, 1.82) is 0 Å². The van der Waals surface area contributed by atoms with Gasteiger partial charge in [0, 0.05) is 10.9 Å². The minimum atomic E-state index is -0.280. The van der Waals surface area contributed by atoms with Crippen molar-refractivity contribution in [2.45, 2.75) is 6.42 Å². The lowest BCUT2D eigenvalue weighted by atomic mass is 10.2. The van der Waals surface area contributed by atoms with E-state index >= 15 is 0 Å². The Hall–Kier alpha value is -1.55. The topological polar surface area (TPSA) is 30.0 Å². The van der Waals surface area contributed by atoms with E-state index in [9.17, 15) is 9.18 Å². The lowest BCUT2D eigenvalue weighted by Crippen LogP contribution is -1.85. The van der Waals surface area contributed by atoms with E-state index in [2.05, 4.69) is 4.98 Å². The maximum Gasteiger partial charge on any atom is 0.126 e. The van der Waals surface area contributed by atoms with Gasteiger partial charge in [0.15, 0.2) is 0 Å². The molecule has 1 aromatic heterocycles. The molecule has 1 heterocycles. The molecule has 76 valence electrons. The summed E-state index contributed by atoms with van der Waals surface area (Å²) in [6.45, 7) is 0. The van der Waals surface area contributed by atoms with E-state index in [1.807, 2.05) is 5.38 Å². The van der Waals surface area contributed by atoms with Gasteiger partial charge in [-0.25, -0.2) is 9.37 Å². The summed E-state index contributed by atoms with van der Waals surface area (Å²) in [6.07, 6.45) is 1.13. The molecule has 0 N–H and O–H groups in total. The standard InChI is InChI=1S/C11H8FNOS/c12-9-3-1-2-8(6-9)10-7-15-11(13-10)4-5-14/h1-3,5-7H,4H2. The molecule has 0 aliphatic rings. The third kappa shape index (κ3) is 2.27. The highest BCUT2D eigenvalue weighted by molar-refractivity contribution is 7.10. The van der Waals surface area contributed by atoms with E-state index in [1.165, 1.54) is 23.5 Å². The fourth-order valence-electron chi connectivity index (χ4n) is 1.26. The summed E-state index contributed by atoms with van der Waals surface area (Å²) in [6, 6.07) is 6.26. The molecule has 2 aromatic rings. The van der Waals surface area contributed by atoms with Crippen LogP contribution in [0.5, 0.6) is 0 Å². The van der Waals surface area contributed by atoms with Crippen LogP contribution >= 0.6 is 11.3 Å². The normalized spacial score (nSPS) is 10.2. The second-order valence-corrected chi connectivity index (χ2v) is 3.95. The lowest BCUT2D eigenvalue weighted by Gasteiger charge is -1.95. The number of aldehydes is 1. The number of rotatable bonds is 3. The SMILES string of the molecule is O=CCc1nc(-c2cccc(F)c2)cs1. The van der Waals surface area contributed by atoms with Gasteiger partial charge in [0.1, 0.15) is 17.1 Å². The smallest absolute Gasteiger partial charge is 0.126 e. The summed E-state index contributed by atoms with van der Waals surface area (Å²) >= 11 is 1.41. The van der Waals surface area contributed by atoms with Gasteiger partial charge in [-0.2, -0.15) is 0 Å². The fourth-order valence-corrected chi connectivity index (χ4v) is 2.01. The highest BCUT2D eigenvalue weighted by Crippen LogP contribution is 2.22. The second-order valence-electron chi connectivity index (χ2n) is 3.01. The number of halogens is 1. The number of hydrogen-bond acceptors (Lipinski definition) is 3. The minimum Gasteiger partial charge on any atom is -0.303 e. The highest BCUT2D eigenvalue weighted by atomic mass is 32.1. The van der Waals surface area contributed by atoms with Crippen LogP contribution in [0.25, 0.3) is 11.3 Å². The molecule has 0 amide bonds. The first kappa shape index (κ1) is 9.98. The predicted octanol–water partition coefficient (Wildman–Crippen LogP) is 2.69. The predicted molar refractivity (Wildman–Crippen MR) is 57.3 cm³/mol. The van der Waals surface area contributed by atoms with Gasteiger partial charge in [-0.1, -0.05) is 12.1 Å². The minimum absolute atomic E-state index is 0.280. The first-order chi connectivity index (χ1) is 7.29. The van der Waals surface area contributed by atoms with E-state index in [0.717, 1.165) is 22.6 Å². The summed E-state index contributed by atoms with van der Waals surface area (Å²) in [5.74, 6) is -0.280. The Morgan fingerprint density at radius 3 is 3.07 bits per heavy atom. The molecule has 4 heteroatoms. The maximum absolute atomic E-state index is 12.9. The molecule has 0 bridgehead atoms. The molecule has 0 spiro atoms. The van der Waals surface area contributed by atoms with Crippen LogP contribution in [0.3, 0.4) is 0 Å². The Kier molecular flexibility index (Phi) is 2.87. The van der Waals surface area contributed by atoms with Crippen LogP contribution in [-0.4, -0.2) is 11.3 Å². The van der Waals surface area contributed by atoms with Crippen LogP contribution < -0.4 is 0 Å². The average molecular weight is 221 g/mol.